The van der Waals surface area contributed by atoms with Gasteiger partial charge in [0.2, 0.25) is 0 Å². The summed E-state index contributed by atoms with van der Waals surface area (Å²) in [5.74, 6) is -0.0609. The van der Waals surface area contributed by atoms with Gasteiger partial charge >= 0.3 is 0 Å². The number of nitrogens with two attached hydrogens (primary N) is 1. The number of hydrogen-bond donors (Lipinski definition) is 1. The van der Waals surface area contributed by atoms with Gasteiger partial charge in [0.25, 0.3) is 0 Å². The second-order valence-electron chi connectivity index (χ2n) is 5.07. The van der Waals surface area contributed by atoms with E-state index in [2.05, 4.69) is 0 Å². The smallest absolute Gasteiger partial charge is 0.126 e. The molecule has 3 rings (SSSR count). The van der Waals surface area contributed by atoms with Gasteiger partial charge in [-0.1, -0.05) is 18.2 Å². The van der Waals surface area contributed by atoms with E-state index >= 15 is 0 Å². The van der Waals surface area contributed by atoms with E-state index in [-0.39, 0.29) is 24.1 Å². The fourth-order valence-corrected chi connectivity index (χ4v) is 2.53. The fourth-order valence-electron chi connectivity index (χ4n) is 2.53. The van der Waals surface area contributed by atoms with Crippen LogP contribution in [0.1, 0.15) is 11.1 Å². The number of fused-ring (bicyclic) bond motifs is 1. The second kappa shape index (κ2) is 5.21. The van der Waals surface area contributed by atoms with E-state index in [1.54, 1.807) is 0 Å². The van der Waals surface area contributed by atoms with Gasteiger partial charge in [0, 0.05) is 12.5 Å². The largest absolute Gasteiger partial charge is 0.488 e. The van der Waals surface area contributed by atoms with E-state index in [4.69, 9.17) is 10.5 Å². The monoisotopic (exact) mass is 275 g/mol. The zero-order valence-electron chi connectivity index (χ0n) is 10.9. The lowest BCUT2D eigenvalue weighted by atomic mass is 9.98. The van der Waals surface area contributed by atoms with Crippen LogP contribution in [0, 0.1) is 11.6 Å². The first-order valence-corrected chi connectivity index (χ1v) is 6.57. The zero-order valence-corrected chi connectivity index (χ0v) is 10.9. The van der Waals surface area contributed by atoms with Crippen LogP contribution in [-0.2, 0) is 12.8 Å². The van der Waals surface area contributed by atoms with Gasteiger partial charge in [0.05, 0.1) is 0 Å². The van der Waals surface area contributed by atoms with Crippen molar-refractivity contribution in [2.24, 2.45) is 5.73 Å². The number of rotatable bonds is 3. The number of benzene rings is 2. The minimum atomic E-state index is -0.454. The van der Waals surface area contributed by atoms with Gasteiger partial charge in [0.1, 0.15) is 23.5 Å². The summed E-state index contributed by atoms with van der Waals surface area (Å²) in [6.07, 6.45) is 0.756. The number of para-hydroxylation sites is 1. The molecule has 0 aromatic heterocycles. The van der Waals surface area contributed by atoms with Gasteiger partial charge in [-0.15, -0.1) is 0 Å². The third kappa shape index (κ3) is 2.51. The molecule has 0 radical (unpaired) electrons. The maximum Gasteiger partial charge on any atom is 0.126 e. The molecule has 4 heteroatoms. The lowest BCUT2D eigenvalue weighted by molar-refractivity contribution is 0.197. The number of halogens is 2. The molecular formula is C16H15F2NO. The van der Waals surface area contributed by atoms with Crippen LogP contribution in [0.4, 0.5) is 8.78 Å². The van der Waals surface area contributed by atoms with Crippen molar-refractivity contribution >= 4 is 0 Å². The van der Waals surface area contributed by atoms with Gasteiger partial charge in [-0.05, 0) is 41.8 Å². The van der Waals surface area contributed by atoms with E-state index < -0.39 is 11.6 Å². The van der Waals surface area contributed by atoms with E-state index in [9.17, 15) is 8.78 Å². The Labute approximate surface area is 116 Å². The molecule has 0 amide bonds. The van der Waals surface area contributed by atoms with Crippen LogP contribution in [0.3, 0.4) is 0 Å². The van der Waals surface area contributed by atoms with Crippen molar-refractivity contribution in [2.75, 3.05) is 0 Å². The summed E-state index contributed by atoms with van der Waals surface area (Å²) in [7, 11) is 0. The Kier molecular flexibility index (Phi) is 3.40. The Morgan fingerprint density at radius 1 is 1.20 bits per heavy atom. The van der Waals surface area contributed by atoms with Crippen LogP contribution in [0.15, 0.2) is 42.5 Å². The lowest BCUT2D eigenvalue weighted by Crippen LogP contribution is -2.39. The maximum absolute atomic E-state index is 13.6. The Morgan fingerprint density at radius 3 is 2.80 bits per heavy atom. The molecule has 0 saturated heterocycles. The molecule has 2 atom stereocenters. The number of hydrogen-bond acceptors (Lipinski definition) is 2. The molecular weight excluding hydrogens is 260 g/mol. The molecule has 1 aliphatic heterocycles. The SMILES string of the molecule is NC(Cc1cc(F)ccc1F)C1Cc2ccccc2O1. The summed E-state index contributed by atoms with van der Waals surface area (Å²) >= 11 is 0. The average Bonchev–Trinajstić information content (AvgIpc) is 2.87. The number of ether oxygens (including phenoxy) is 1. The Hall–Kier alpha value is -1.94. The van der Waals surface area contributed by atoms with Crippen LogP contribution in [0.5, 0.6) is 5.75 Å². The minimum absolute atomic E-state index is 0.199. The predicted molar refractivity (Wildman–Crippen MR) is 72.6 cm³/mol. The molecule has 20 heavy (non-hydrogen) atoms. The van der Waals surface area contributed by atoms with Crippen LogP contribution in [0.25, 0.3) is 0 Å². The molecule has 0 saturated carbocycles. The molecule has 2 unspecified atom stereocenters. The lowest BCUT2D eigenvalue weighted by Gasteiger charge is -2.19. The molecule has 2 aromatic carbocycles. The topological polar surface area (TPSA) is 35.2 Å². The van der Waals surface area contributed by atoms with Crippen molar-refractivity contribution in [2.45, 2.75) is 25.0 Å². The summed E-state index contributed by atoms with van der Waals surface area (Å²) in [6, 6.07) is 10.8. The fraction of sp³-hybridized carbons (Fsp3) is 0.250. The van der Waals surface area contributed by atoms with Crippen molar-refractivity contribution < 1.29 is 13.5 Å². The maximum atomic E-state index is 13.6. The summed E-state index contributed by atoms with van der Waals surface area (Å²) in [4.78, 5) is 0. The molecule has 104 valence electrons. The highest BCUT2D eigenvalue weighted by molar-refractivity contribution is 5.37. The van der Waals surface area contributed by atoms with Crippen molar-refractivity contribution in [3.63, 3.8) is 0 Å². The summed E-state index contributed by atoms with van der Waals surface area (Å²) in [6.45, 7) is 0. The molecule has 0 aliphatic carbocycles. The van der Waals surface area contributed by atoms with Crippen molar-refractivity contribution in [1.29, 1.82) is 0 Å². The van der Waals surface area contributed by atoms with Gasteiger partial charge < -0.3 is 10.5 Å². The second-order valence-corrected chi connectivity index (χ2v) is 5.07. The van der Waals surface area contributed by atoms with Gasteiger partial charge in [-0.3, -0.25) is 0 Å². The normalized spacial score (nSPS) is 18.4. The van der Waals surface area contributed by atoms with Gasteiger partial charge in [-0.25, -0.2) is 8.78 Å². The van der Waals surface area contributed by atoms with E-state index in [1.165, 1.54) is 6.07 Å². The molecule has 2 N–H and O–H groups in total. The standard InChI is InChI=1S/C16H15F2NO/c17-12-5-6-13(18)11(7-12)8-14(19)16-9-10-3-1-2-4-15(10)20-16/h1-7,14,16H,8-9,19H2. The summed E-state index contributed by atoms with van der Waals surface area (Å²) in [5.41, 5.74) is 7.49. The molecule has 2 aromatic rings. The highest BCUT2D eigenvalue weighted by Crippen LogP contribution is 2.29. The predicted octanol–water partition coefficient (Wildman–Crippen LogP) is 2.84. The summed E-state index contributed by atoms with van der Waals surface area (Å²) in [5, 5.41) is 0. The molecule has 0 fully saturated rings. The van der Waals surface area contributed by atoms with Crippen LogP contribution in [0.2, 0.25) is 0 Å². The Morgan fingerprint density at radius 2 is 2.00 bits per heavy atom. The first-order chi connectivity index (χ1) is 9.63. The van der Waals surface area contributed by atoms with Gasteiger partial charge in [0.15, 0.2) is 0 Å². The van der Waals surface area contributed by atoms with Crippen molar-refractivity contribution in [1.82, 2.24) is 0 Å². The van der Waals surface area contributed by atoms with Gasteiger partial charge in [-0.2, -0.15) is 0 Å². The molecule has 0 spiro atoms. The average molecular weight is 275 g/mol. The highest BCUT2D eigenvalue weighted by Gasteiger charge is 2.28. The molecule has 2 nitrogen and oxygen atoms in total. The zero-order chi connectivity index (χ0) is 14.1. The Balaban J connectivity index is 1.72. The first kappa shape index (κ1) is 13.1. The van der Waals surface area contributed by atoms with E-state index in [0.717, 1.165) is 23.4 Å². The van der Waals surface area contributed by atoms with Crippen molar-refractivity contribution in [3.05, 3.63) is 65.2 Å². The third-order valence-electron chi connectivity index (χ3n) is 3.61. The van der Waals surface area contributed by atoms with E-state index in [0.29, 0.717) is 6.42 Å². The van der Waals surface area contributed by atoms with Crippen molar-refractivity contribution in [3.8, 4) is 5.75 Å². The molecule has 1 aliphatic rings. The highest BCUT2D eigenvalue weighted by atomic mass is 19.1. The van der Waals surface area contributed by atoms with Crippen LogP contribution in [-0.4, -0.2) is 12.1 Å². The first-order valence-electron chi connectivity index (χ1n) is 6.57. The summed E-state index contributed by atoms with van der Waals surface area (Å²) < 4.78 is 32.5. The molecule has 1 heterocycles. The van der Waals surface area contributed by atoms with Crippen LogP contribution >= 0.6 is 0 Å². The third-order valence-corrected chi connectivity index (χ3v) is 3.61. The molecule has 0 bridgehead atoms. The quantitative estimate of drug-likeness (QED) is 0.935. The van der Waals surface area contributed by atoms with E-state index in [1.807, 2.05) is 24.3 Å². The van der Waals surface area contributed by atoms with Crippen LogP contribution < -0.4 is 10.5 Å². The minimum Gasteiger partial charge on any atom is -0.488 e. The Bertz CT molecular complexity index is 605.